The lowest BCUT2D eigenvalue weighted by molar-refractivity contribution is -0.127. The average Bonchev–Trinajstić information content (AvgIpc) is 3.31. The molecule has 1 amide bonds. The lowest BCUT2D eigenvalue weighted by Crippen LogP contribution is -2.57. The maximum Gasteiger partial charge on any atom is 0.231 e. The molecule has 1 aliphatic heterocycles. The van der Waals surface area contributed by atoms with E-state index in [1.807, 2.05) is 0 Å². The van der Waals surface area contributed by atoms with Crippen molar-refractivity contribution >= 4 is 5.91 Å². The fourth-order valence-corrected chi connectivity index (χ4v) is 2.99. The molecular formula is C16H20FNO3. The third-order valence-corrected chi connectivity index (χ3v) is 4.71. The highest BCUT2D eigenvalue weighted by atomic mass is 19.1. The van der Waals surface area contributed by atoms with Crippen LogP contribution in [-0.2, 0) is 14.9 Å². The van der Waals surface area contributed by atoms with Crippen LogP contribution in [0.2, 0.25) is 0 Å². The highest BCUT2D eigenvalue weighted by Gasteiger charge is 2.53. The highest BCUT2D eigenvalue weighted by Crippen LogP contribution is 2.48. The zero-order valence-electron chi connectivity index (χ0n) is 11.9. The smallest absolute Gasteiger partial charge is 0.231 e. The molecule has 1 saturated heterocycles. The predicted octanol–water partition coefficient (Wildman–Crippen LogP) is 1.51. The van der Waals surface area contributed by atoms with Crippen molar-refractivity contribution < 1.29 is 19.0 Å². The summed E-state index contributed by atoms with van der Waals surface area (Å²) in [6, 6.07) is 6.13. The van der Waals surface area contributed by atoms with E-state index in [0.29, 0.717) is 26.1 Å². The Hall–Kier alpha value is -1.46. The lowest BCUT2D eigenvalue weighted by Gasteiger charge is -2.37. The number of hydrogen-bond donors (Lipinski definition) is 2. The number of halogens is 1. The van der Waals surface area contributed by atoms with Crippen LogP contribution in [-0.4, -0.2) is 36.4 Å². The highest BCUT2D eigenvalue weighted by molar-refractivity contribution is 5.91. The second-order valence-electron chi connectivity index (χ2n) is 6.09. The van der Waals surface area contributed by atoms with Gasteiger partial charge in [0.25, 0.3) is 0 Å². The van der Waals surface area contributed by atoms with Crippen LogP contribution in [0.1, 0.15) is 31.2 Å². The molecule has 5 heteroatoms. The molecule has 1 aromatic carbocycles. The Morgan fingerprint density at radius 2 is 1.81 bits per heavy atom. The fraction of sp³-hybridized carbons (Fsp3) is 0.562. The quantitative estimate of drug-likeness (QED) is 0.885. The van der Waals surface area contributed by atoms with Gasteiger partial charge in [0.15, 0.2) is 0 Å². The maximum atomic E-state index is 13.0. The number of aliphatic hydroxyl groups excluding tert-OH is 1. The summed E-state index contributed by atoms with van der Waals surface area (Å²) in [6.45, 7) is 1.01. The van der Waals surface area contributed by atoms with E-state index in [2.05, 4.69) is 5.32 Å². The standard InChI is InChI=1S/C16H20FNO3/c17-13-3-1-12(2-4-13)16(5-6-16)14(20)18-15(11-19)7-9-21-10-8-15/h1-4,19H,5-11H2,(H,18,20). The van der Waals surface area contributed by atoms with E-state index in [4.69, 9.17) is 4.74 Å². The summed E-state index contributed by atoms with van der Waals surface area (Å²) in [7, 11) is 0. The number of aliphatic hydroxyl groups is 1. The number of amides is 1. The van der Waals surface area contributed by atoms with Gasteiger partial charge in [-0.2, -0.15) is 0 Å². The van der Waals surface area contributed by atoms with Crippen molar-refractivity contribution in [3.8, 4) is 0 Å². The zero-order valence-corrected chi connectivity index (χ0v) is 11.9. The number of hydrogen-bond acceptors (Lipinski definition) is 3. The Labute approximate surface area is 123 Å². The van der Waals surface area contributed by atoms with Crippen LogP contribution in [0.5, 0.6) is 0 Å². The first kappa shape index (κ1) is 14.5. The molecule has 0 bridgehead atoms. The second kappa shape index (κ2) is 5.39. The van der Waals surface area contributed by atoms with Gasteiger partial charge in [0, 0.05) is 13.2 Å². The summed E-state index contributed by atoms with van der Waals surface area (Å²) >= 11 is 0. The molecule has 1 aromatic rings. The van der Waals surface area contributed by atoms with Gasteiger partial charge in [-0.15, -0.1) is 0 Å². The molecule has 0 atom stereocenters. The molecule has 21 heavy (non-hydrogen) atoms. The second-order valence-corrected chi connectivity index (χ2v) is 6.09. The molecule has 4 nitrogen and oxygen atoms in total. The summed E-state index contributed by atoms with van der Waals surface area (Å²) in [5.74, 6) is -0.365. The van der Waals surface area contributed by atoms with Crippen molar-refractivity contribution in [1.29, 1.82) is 0 Å². The van der Waals surface area contributed by atoms with E-state index in [9.17, 15) is 14.3 Å². The van der Waals surface area contributed by atoms with E-state index >= 15 is 0 Å². The van der Waals surface area contributed by atoms with Crippen LogP contribution < -0.4 is 5.32 Å². The van der Waals surface area contributed by atoms with Gasteiger partial charge >= 0.3 is 0 Å². The first-order valence-electron chi connectivity index (χ1n) is 7.38. The van der Waals surface area contributed by atoms with Crippen LogP contribution in [0.25, 0.3) is 0 Å². The Bertz CT molecular complexity index is 519. The van der Waals surface area contributed by atoms with Gasteiger partial charge in [0.1, 0.15) is 5.82 Å². The van der Waals surface area contributed by atoms with Crippen molar-refractivity contribution in [2.45, 2.75) is 36.6 Å². The monoisotopic (exact) mass is 293 g/mol. The van der Waals surface area contributed by atoms with Gasteiger partial charge in [-0.05, 0) is 43.4 Å². The summed E-state index contributed by atoms with van der Waals surface area (Å²) < 4.78 is 18.3. The Morgan fingerprint density at radius 1 is 1.19 bits per heavy atom. The molecule has 3 rings (SSSR count). The van der Waals surface area contributed by atoms with Gasteiger partial charge in [-0.25, -0.2) is 4.39 Å². The normalized spacial score (nSPS) is 22.6. The predicted molar refractivity (Wildman–Crippen MR) is 75.3 cm³/mol. The van der Waals surface area contributed by atoms with Gasteiger partial charge in [0.05, 0.1) is 17.6 Å². The molecule has 0 unspecified atom stereocenters. The number of rotatable bonds is 4. The van der Waals surface area contributed by atoms with Gasteiger partial charge in [-0.1, -0.05) is 12.1 Å². The van der Waals surface area contributed by atoms with Gasteiger partial charge < -0.3 is 15.2 Å². The topological polar surface area (TPSA) is 58.6 Å². The molecule has 2 N–H and O–H groups in total. The molecule has 1 aliphatic carbocycles. The Kier molecular flexibility index (Phi) is 3.71. The third-order valence-electron chi connectivity index (χ3n) is 4.71. The van der Waals surface area contributed by atoms with E-state index in [1.54, 1.807) is 12.1 Å². The van der Waals surface area contributed by atoms with E-state index < -0.39 is 11.0 Å². The number of benzene rings is 1. The number of carbonyl (C=O) groups excluding carboxylic acids is 1. The SMILES string of the molecule is O=C(NC1(CO)CCOCC1)C1(c2ccc(F)cc2)CC1. The lowest BCUT2D eigenvalue weighted by atomic mass is 9.88. The van der Waals surface area contributed by atoms with Crippen LogP contribution in [0.4, 0.5) is 4.39 Å². The number of nitrogens with one attached hydrogen (secondary N) is 1. The van der Waals surface area contributed by atoms with E-state index in [0.717, 1.165) is 18.4 Å². The molecular weight excluding hydrogens is 273 g/mol. The number of carbonyl (C=O) groups is 1. The minimum Gasteiger partial charge on any atom is -0.394 e. The van der Waals surface area contributed by atoms with Crippen LogP contribution >= 0.6 is 0 Å². The summed E-state index contributed by atoms with van der Waals surface area (Å²) in [5.41, 5.74) is -0.277. The van der Waals surface area contributed by atoms with E-state index in [-0.39, 0.29) is 18.3 Å². The van der Waals surface area contributed by atoms with Crippen LogP contribution in [0.15, 0.2) is 24.3 Å². The van der Waals surface area contributed by atoms with Gasteiger partial charge in [-0.3, -0.25) is 4.79 Å². The molecule has 1 saturated carbocycles. The van der Waals surface area contributed by atoms with E-state index in [1.165, 1.54) is 12.1 Å². The van der Waals surface area contributed by atoms with Crippen molar-refractivity contribution in [2.24, 2.45) is 0 Å². The third kappa shape index (κ3) is 2.68. The first-order valence-corrected chi connectivity index (χ1v) is 7.38. The van der Waals surface area contributed by atoms with Crippen molar-refractivity contribution in [3.05, 3.63) is 35.6 Å². The fourth-order valence-electron chi connectivity index (χ4n) is 2.99. The van der Waals surface area contributed by atoms with Crippen molar-refractivity contribution in [1.82, 2.24) is 5.32 Å². The summed E-state index contributed by atoms with van der Waals surface area (Å²) in [4.78, 5) is 12.7. The number of ether oxygens (including phenoxy) is 1. The first-order chi connectivity index (χ1) is 10.1. The van der Waals surface area contributed by atoms with Crippen LogP contribution in [0, 0.1) is 5.82 Å². The molecule has 114 valence electrons. The van der Waals surface area contributed by atoms with Crippen molar-refractivity contribution in [3.63, 3.8) is 0 Å². The average molecular weight is 293 g/mol. The molecule has 0 aromatic heterocycles. The largest absolute Gasteiger partial charge is 0.394 e. The molecule has 0 spiro atoms. The zero-order chi connectivity index (χ0) is 14.9. The molecule has 2 aliphatic rings. The molecule has 2 fully saturated rings. The van der Waals surface area contributed by atoms with Gasteiger partial charge in [0.2, 0.25) is 5.91 Å². The van der Waals surface area contributed by atoms with Crippen molar-refractivity contribution in [2.75, 3.05) is 19.8 Å². The summed E-state index contributed by atoms with van der Waals surface area (Å²) in [6.07, 6.45) is 2.77. The maximum absolute atomic E-state index is 13.0. The molecule has 0 radical (unpaired) electrons. The molecule has 1 heterocycles. The minimum absolute atomic E-state index is 0.0648. The Morgan fingerprint density at radius 3 is 2.33 bits per heavy atom. The summed E-state index contributed by atoms with van der Waals surface area (Å²) in [5, 5.41) is 12.7. The Balaban J connectivity index is 1.76. The van der Waals surface area contributed by atoms with Crippen LogP contribution in [0.3, 0.4) is 0 Å². The minimum atomic E-state index is -0.578.